The highest BCUT2D eigenvalue weighted by molar-refractivity contribution is 4.84. The molecule has 0 amide bonds. The number of alkyl halides is 2. The molecule has 1 saturated carbocycles. The first-order valence-corrected chi connectivity index (χ1v) is 4.96. The second kappa shape index (κ2) is 3.91. The Kier molecular flexibility index (Phi) is 3.28. The molecule has 13 heavy (non-hydrogen) atoms. The van der Waals surface area contributed by atoms with Gasteiger partial charge in [0, 0.05) is 12.8 Å². The molecule has 3 heteroatoms. The van der Waals surface area contributed by atoms with Crippen LogP contribution in [0.15, 0.2) is 0 Å². The molecule has 1 rings (SSSR count). The molecule has 0 aromatic carbocycles. The fourth-order valence-electron chi connectivity index (χ4n) is 2.06. The summed E-state index contributed by atoms with van der Waals surface area (Å²) in [6, 6.07) is 0. The number of hydrogen-bond acceptors (Lipinski definition) is 1. The van der Waals surface area contributed by atoms with Gasteiger partial charge >= 0.3 is 0 Å². The van der Waals surface area contributed by atoms with Gasteiger partial charge in [-0.15, -0.1) is 0 Å². The van der Waals surface area contributed by atoms with Crippen molar-refractivity contribution in [2.75, 3.05) is 0 Å². The van der Waals surface area contributed by atoms with Gasteiger partial charge in [0.1, 0.15) is 0 Å². The van der Waals surface area contributed by atoms with Crippen LogP contribution >= 0.6 is 0 Å². The van der Waals surface area contributed by atoms with Gasteiger partial charge in [-0.05, 0) is 24.7 Å². The summed E-state index contributed by atoms with van der Waals surface area (Å²) in [5.41, 5.74) is 0. The second-order valence-corrected chi connectivity index (χ2v) is 4.56. The lowest BCUT2D eigenvalue weighted by Gasteiger charge is -2.34. The summed E-state index contributed by atoms with van der Waals surface area (Å²) in [7, 11) is 0. The fraction of sp³-hybridized carbons (Fsp3) is 1.00. The first kappa shape index (κ1) is 10.9. The van der Waals surface area contributed by atoms with Crippen LogP contribution in [-0.2, 0) is 0 Å². The number of rotatable bonds is 2. The van der Waals surface area contributed by atoms with Gasteiger partial charge in [-0.1, -0.05) is 13.8 Å². The molecule has 0 aliphatic heterocycles. The third-order valence-corrected chi connectivity index (χ3v) is 2.68. The van der Waals surface area contributed by atoms with Gasteiger partial charge in [0.25, 0.3) is 0 Å². The number of aliphatic hydroxyl groups excluding tert-OH is 1. The lowest BCUT2D eigenvalue weighted by Crippen LogP contribution is -2.36. The van der Waals surface area contributed by atoms with E-state index in [2.05, 4.69) is 0 Å². The van der Waals surface area contributed by atoms with Crippen LogP contribution in [0.25, 0.3) is 0 Å². The third-order valence-electron chi connectivity index (χ3n) is 2.68. The summed E-state index contributed by atoms with van der Waals surface area (Å²) < 4.78 is 25.9. The lowest BCUT2D eigenvalue weighted by molar-refractivity contribution is -0.0952. The predicted molar refractivity (Wildman–Crippen MR) is 47.7 cm³/mol. The lowest BCUT2D eigenvalue weighted by atomic mass is 9.79. The van der Waals surface area contributed by atoms with E-state index in [0.29, 0.717) is 12.3 Å². The van der Waals surface area contributed by atoms with Crippen molar-refractivity contribution in [2.45, 2.75) is 51.6 Å². The van der Waals surface area contributed by atoms with Crippen molar-refractivity contribution >= 4 is 0 Å². The van der Waals surface area contributed by atoms with Crippen LogP contribution in [0.3, 0.4) is 0 Å². The largest absolute Gasteiger partial charge is 0.393 e. The van der Waals surface area contributed by atoms with Crippen LogP contribution in [0.4, 0.5) is 8.78 Å². The molecular formula is C10H18F2O. The van der Waals surface area contributed by atoms with E-state index in [1.165, 1.54) is 0 Å². The molecule has 0 unspecified atom stereocenters. The Balaban J connectivity index is 2.50. The maximum atomic E-state index is 13.0. The molecule has 1 fully saturated rings. The van der Waals surface area contributed by atoms with E-state index in [4.69, 9.17) is 0 Å². The summed E-state index contributed by atoms with van der Waals surface area (Å²) in [5, 5.41) is 9.52. The summed E-state index contributed by atoms with van der Waals surface area (Å²) in [5.74, 6) is -2.36. The molecule has 1 aliphatic carbocycles. The second-order valence-electron chi connectivity index (χ2n) is 4.56. The molecule has 78 valence electrons. The molecule has 0 spiro atoms. The summed E-state index contributed by atoms with van der Waals surface area (Å²) in [6.45, 7) is 4.00. The molecule has 0 saturated heterocycles. The van der Waals surface area contributed by atoms with Crippen molar-refractivity contribution in [3.05, 3.63) is 0 Å². The zero-order valence-electron chi connectivity index (χ0n) is 8.26. The molecule has 0 heterocycles. The molecule has 0 bridgehead atoms. The highest BCUT2D eigenvalue weighted by atomic mass is 19.3. The monoisotopic (exact) mass is 192 g/mol. The molecule has 1 nitrogen and oxygen atoms in total. The average molecular weight is 192 g/mol. The molecule has 0 radical (unpaired) electrons. The summed E-state index contributed by atoms with van der Waals surface area (Å²) in [6.07, 6.45) is 0.165. The summed E-state index contributed by atoms with van der Waals surface area (Å²) in [4.78, 5) is 0. The molecule has 1 N–H and O–H groups in total. The van der Waals surface area contributed by atoms with Gasteiger partial charge in [-0.25, -0.2) is 8.78 Å². The van der Waals surface area contributed by atoms with Crippen LogP contribution in [0.1, 0.15) is 39.5 Å². The Morgan fingerprint density at radius 1 is 1.46 bits per heavy atom. The highest BCUT2D eigenvalue weighted by Crippen LogP contribution is 2.39. The predicted octanol–water partition coefficient (Wildman–Crippen LogP) is 2.83. The molecular weight excluding hydrogens is 174 g/mol. The van der Waals surface area contributed by atoms with Crippen molar-refractivity contribution in [2.24, 2.45) is 11.8 Å². The van der Waals surface area contributed by atoms with Crippen molar-refractivity contribution in [3.8, 4) is 0 Å². The van der Waals surface area contributed by atoms with E-state index in [-0.39, 0.29) is 25.2 Å². The standard InChI is InChI=1S/C10H18F2O/c1-7(2)5-8-6-10(11,12)4-3-9(8)13/h7-9,13H,3-6H2,1-2H3/t8-,9-/m0/s1. The number of aliphatic hydroxyl groups is 1. The van der Waals surface area contributed by atoms with Crippen molar-refractivity contribution in [1.82, 2.24) is 0 Å². The van der Waals surface area contributed by atoms with E-state index in [9.17, 15) is 13.9 Å². The van der Waals surface area contributed by atoms with Gasteiger partial charge in [-0.3, -0.25) is 0 Å². The topological polar surface area (TPSA) is 20.2 Å². The minimum atomic E-state index is -2.54. The average Bonchev–Trinajstić information content (AvgIpc) is 1.95. The maximum absolute atomic E-state index is 13.0. The van der Waals surface area contributed by atoms with Gasteiger partial charge in [0.15, 0.2) is 0 Å². The van der Waals surface area contributed by atoms with Gasteiger partial charge in [-0.2, -0.15) is 0 Å². The maximum Gasteiger partial charge on any atom is 0.248 e. The zero-order valence-corrected chi connectivity index (χ0v) is 8.26. The van der Waals surface area contributed by atoms with Crippen LogP contribution in [0.2, 0.25) is 0 Å². The van der Waals surface area contributed by atoms with Gasteiger partial charge in [0.05, 0.1) is 6.10 Å². The molecule has 0 aromatic rings. The smallest absolute Gasteiger partial charge is 0.248 e. The third kappa shape index (κ3) is 3.22. The zero-order chi connectivity index (χ0) is 10.1. The Morgan fingerprint density at radius 3 is 2.62 bits per heavy atom. The van der Waals surface area contributed by atoms with Crippen molar-refractivity contribution < 1.29 is 13.9 Å². The molecule has 1 aliphatic rings. The Labute approximate surface area is 78.1 Å². The Bertz CT molecular complexity index is 168. The van der Waals surface area contributed by atoms with Crippen LogP contribution in [0, 0.1) is 11.8 Å². The molecule has 0 aromatic heterocycles. The van der Waals surface area contributed by atoms with E-state index >= 15 is 0 Å². The summed E-state index contributed by atoms with van der Waals surface area (Å²) >= 11 is 0. The first-order valence-electron chi connectivity index (χ1n) is 4.96. The van der Waals surface area contributed by atoms with E-state index < -0.39 is 12.0 Å². The van der Waals surface area contributed by atoms with Crippen molar-refractivity contribution in [3.63, 3.8) is 0 Å². The van der Waals surface area contributed by atoms with Crippen molar-refractivity contribution in [1.29, 1.82) is 0 Å². The first-order chi connectivity index (χ1) is 5.91. The van der Waals surface area contributed by atoms with Gasteiger partial charge in [0.2, 0.25) is 5.92 Å². The van der Waals surface area contributed by atoms with Crippen LogP contribution < -0.4 is 0 Å². The van der Waals surface area contributed by atoms with Gasteiger partial charge < -0.3 is 5.11 Å². The normalized spacial score (nSPS) is 33.7. The minimum absolute atomic E-state index is 0.133. The molecule has 2 atom stereocenters. The Hall–Kier alpha value is -0.180. The Morgan fingerprint density at radius 2 is 2.08 bits per heavy atom. The fourth-order valence-corrected chi connectivity index (χ4v) is 2.06. The van der Waals surface area contributed by atoms with Crippen LogP contribution in [-0.4, -0.2) is 17.1 Å². The quantitative estimate of drug-likeness (QED) is 0.713. The van der Waals surface area contributed by atoms with Crippen LogP contribution in [0.5, 0.6) is 0 Å². The van der Waals surface area contributed by atoms with E-state index in [1.807, 2.05) is 13.8 Å². The van der Waals surface area contributed by atoms with E-state index in [0.717, 1.165) is 0 Å². The number of halogens is 2. The minimum Gasteiger partial charge on any atom is -0.393 e. The number of hydrogen-bond donors (Lipinski definition) is 1. The highest BCUT2D eigenvalue weighted by Gasteiger charge is 2.40. The van der Waals surface area contributed by atoms with E-state index in [1.54, 1.807) is 0 Å². The SMILES string of the molecule is CC(C)C[C@H]1CC(F)(F)CC[C@@H]1O.